The fourth-order valence-electron chi connectivity index (χ4n) is 2.99. The minimum absolute atomic E-state index is 0.0146. The van der Waals surface area contributed by atoms with Gasteiger partial charge < -0.3 is 10.1 Å². The average molecular weight is 387 g/mol. The Balaban J connectivity index is 1.44. The van der Waals surface area contributed by atoms with E-state index in [4.69, 9.17) is 4.74 Å². The van der Waals surface area contributed by atoms with E-state index in [1.807, 2.05) is 0 Å². The van der Waals surface area contributed by atoms with Gasteiger partial charge in [0.05, 0.1) is 12.6 Å². The summed E-state index contributed by atoms with van der Waals surface area (Å²) in [4.78, 5) is 24.5. The summed E-state index contributed by atoms with van der Waals surface area (Å²) in [6, 6.07) is 11.6. The number of benzene rings is 2. The summed E-state index contributed by atoms with van der Waals surface area (Å²) in [6.07, 6.45) is 1.73. The molecule has 0 saturated heterocycles. The highest BCUT2D eigenvalue weighted by atomic mass is 32.2. The van der Waals surface area contributed by atoms with Gasteiger partial charge in [0.25, 0.3) is 0 Å². The van der Waals surface area contributed by atoms with Crippen LogP contribution in [0.25, 0.3) is 0 Å². The SMILES string of the molecule is CC(=O)c1ccc(OCCCC(=O)NC2CCSc3ccc(F)cc32)cc1. The molecule has 1 atom stereocenters. The number of hydrogen-bond acceptors (Lipinski definition) is 4. The van der Waals surface area contributed by atoms with Gasteiger partial charge in [-0.2, -0.15) is 0 Å². The van der Waals surface area contributed by atoms with Gasteiger partial charge in [0.15, 0.2) is 5.78 Å². The predicted molar refractivity (Wildman–Crippen MR) is 104 cm³/mol. The molecular formula is C21H22FNO3S. The summed E-state index contributed by atoms with van der Waals surface area (Å²) in [5, 5.41) is 3.01. The Morgan fingerprint density at radius 3 is 2.74 bits per heavy atom. The summed E-state index contributed by atoms with van der Waals surface area (Å²) in [6.45, 7) is 1.94. The smallest absolute Gasteiger partial charge is 0.220 e. The van der Waals surface area contributed by atoms with E-state index < -0.39 is 0 Å². The van der Waals surface area contributed by atoms with Gasteiger partial charge in [-0.15, -0.1) is 11.8 Å². The molecule has 3 rings (SSSR count). The third-order valence-electron chi connectivity index (χ3n) is 4.42. The maximum absolute atomic E-state index is 13.5. The number of carbonyl (C=O) groups excluding carboxylic acids is 2. The fraction of sp³-hybridized carbons (Fsp3) is 0.333. The van der Waals surface area contributed by atoms with Crippen LogP contribution in [0.2, 0.25) is 0 Å². The molecule has 0 radical (unpaired) electrons. The van der Waals surface area contributed by atoms with Crippen molar-refractivity contribution >= 4 is 23.5 Å². The van der Waals surface area contributed by atoms with Gasteiger partial charge in [-0.05, 0) is 67.8 Å². The van der Waals surface area contributed by atoms with Crippen LogP contribution in [0.1, 0.15) is 48.1 Å². The van der Waals surface area contributed by atoms with E-state index in [0.717, 1.165) is 22.6 Å². The second-order valence-corrected chi connectivity index (χ2v) is 7.61. The molecule has 2 aromatic carbocycles. The van der Waals surface area contributed by atoms with Gasteiger partial charge in [0, 0.05) is 22.6 Å². The molecule has 1 N–H and O–H groups in total. The van der Waals surface area contributed by atoms with Crippen molar-refractivity contribution in [1.82, 2.24) is 5.32 Å². The lowest BCUT2D eigenvalue weighted by Crippen LogP contribution is -2.30. The van der Waals surface area contributed by atoms with Gasteiger partial charge >= 0.3 is 0 Å². The lowest BCUT2D eigenvalue weighted by molar-refractivity contribution is -0.122. The highest BCUT2D eigenvalue weighted by molar-refractivity contribution is 7.99. The highest BCUT2D eigenvalue weighted by Crippen LogP contribution is 2.36. The standard InChI is InChI=1S/C21H22FNO3S/c1-14(24)15-4-7-17(8-5-15)26-11-2-3-21(25)23-19-10-12-27-20-9-6-16(22)13-18(19)20/h4-9,13,19H,2-3,10-12H2,1H3,(H,23,25). The lowest BCUT2D eigenvalue weighted by atomic mass is 10.0. The number of Topliss-reactive ketones (excluding diaryl/α,β-unsaturated/α-hetero) is 1. The Morgan fingerprint density at radius 1 is 1.22 bits per heavy atom. The first-order valence-corrected chi connectivity index (χ1v) is 9.97. The summed E-state index contributed by atoms with van der Waals surface area (Å²) in [5.74, 6) is 1.26. The zero-order chi connectivity index (χ0) is 19.2. The second-order valence-electron chi connectivity index (χ2n) is 6.47. The summed E-state index contributed by atoms with van der Waals surface area (Å²) < 4.78 is 19.1. The number of carbonyl (C=O) groups is 2. The van der Waals surface area contributed by atoms with Crippen LogP contribution >= 0.6 is 11.8 Å². The van der Waals surface area contributed by atoms with Crippen LogP contribution < -0.4 is 10.1 Å². The Morgan fingerprint density at radius 2 is 2.00 bits per heavy atom. The average Bonchev–Trinajstić information content (AvgIpc) is 2.66. The number of amides is 1. The van der Waals surface area contributed by atoms with E-state index in [1.165, 1.54) is 19.1 Å². The number of ether oxygens (including phenoxy) is 1. The van der Waals surface area contributed by atoms with Crippen molar-refractivity contribution in [1.29, 1.82) is 0 Å². The van der Waals surface area contributed by atoms with Crippen molar-refractivity contribution in [2.75, 3.05) is 12.4 Å². The highest BCUT2D eigenvalue weighted by Gasteiger charge is 2.22. The van der Waals surface area contributed by atoms with Crippen LogP contribution in [0.5, 0.6) is 5.75 Å². The van der Waals surface area contributed by atoms with Crippen molar-refractivity contribution in [2.45, 2.75) is 37.1 Å². The minimum Gasteiger partial charge on any atom is -0.494 e. The van der Waals surface area contributed by atoms with E-state index in [2.05, 4.69) is 5.32 Å². The first kappa shape index (κ1) is 19.4. The summed E-state index contributed by atoms with van der Waals surface area (Å²) >= 11 is 1.69. The Hall–Kier alpha value is -2.34. The lowest BCUT2D eigenvalue weighted by Gasteiger charge is -2.26. The minimum atomic E-state index is -0.278. The number of thioether (sulfide) groups is 1. The zero-order valence-corrected chi connectivity index (χ0v) is 16.0. The Labute approximate surface area is 162 Å². The van der Waals surface area contributed by atoms with Crippen molar-refractivity contribution in [2.24, 2.45) is 0 Å². The van der Waals surface area contributed by atoms with Gasteiger partial charge in [-0.1, -0.05) is 0 Å². The molecule has 0 fully saturated rings. The molecule has 6 heteroatoms. The van der Waals surface area contributed by atoms with Crippen molar-refractivity contribution in [3.05, 3.63) is 59.4 Å². The molecule has 1 heterocycles. The van der Waals surface area contributed by atoms with E-state index in [9.17, 15) is 14.0 Å². The van der Waals surface area contributed by atoms with E-state index in [1.54, 1.807) is 42.1 Å². The second kappa shape index (κ2) is 9.04. The molecule has 0 aromatic heterocycles. The predicted octanol–water partition coefficient (Wildman–Crippen LogP) is 4.54. The van der Waals surface area contributed by atoms with Crippen molar-refractivity contribution < 1.29 is 18.7 Å². The first-order chi connectivity index (χ1) is 13.0. The number of fused-ring (bicyclic) bond motifs is 1. The zero-order valence-electron chi connectivity index (χ0n) is 15.2. The van der Waals surface area contributed by atoms with Crippen LogP contribution in [0.4, 0.5) is 4.39 Å². The molecule has 27 heavy (non-hydrogen) atoms. The van der Waals surface area contributed by atoms with Crippen molar-refractivity contribution in [3.8, 4) is 5.75 Å². The molecule has 0 saturated carbocycles. The van der Waals surface area contributed by atoms with Crippen molar-refractivity contribution in [3.63, 3.8) is 0 Å². The third-order valence-corrected chi connectivity index (χ3v) is 5.55. The summed E-state index contributed by atoms with van der Waals surface area (Å²) in [7, 11) is 0. The van der Waals surface area contributed by atoms with Gasteiger partial charge in [0.2, 0.25) is 5.91 Å². The van der Waals surface area contributed by atoms with E-state index >= 15 is 0 Å². The molecule has 1 amide bonds. The van der Waals surface area contributed by atoms with E-state index in [-0.39, 0.29) is 23.5 Å². The quantitative estimate of drug-likeness (QED) is 0.560. The Bertz CT molecular complexity index is 823. The van der Waals surface area contributed by atoms with Gasteiger partial charge in [0.1, 0.15) is 11.6 Å². The third kappa shape index (κ3) is 5.32. The van der Waals surface area contributed by atoms with Crippen LogP contribution in [-0.2, 0) is 4.79 Å². The van der Waals surface area contributed by atoms with E-state index in [0.29, 0.717) is 30.8 Å². The molecule has 1 aliphatic rings. The van der Waals surface area contributed by atoms with Crippen LogP contribution in [0, 0.1) is 5.82 Å². The largest absolute Gasteiger partial charge is 0.494 e. The number of ketones is 1. The maximum atomic E-state index is 13.5. The fourth-order valence-corrected chi connectivity index (χ4v) is 4.10. The molecule has 0 aliphatic carbocycles. The van der Waals surface area contributed by atoms with Crippen LogP contribution in [-0.4, -0.2) is 24.1 Å². The number of nitrogens with one attached hydrogen (secondary N) is 1. The molecule has 1 aliphatic heterocycles. The monoisotopic (exact) mass is 387 g/mol. The molecule has 0 spiro atoms. The number of rotatable bonds is 7. The first-order valence-electron chi connectivity index (χ1n) is 8.98. The van der Waals surface area contributed by atoms with Crippen LogP contribution in [0.3, 0.4) is 0 Å². The number of hydrogen-bond donors (Lipinski definition) is 1. The topological polar surface area (TPSA) is 55.4 Å². The molecule has 4 nitrogen and oxygen atoms in total. The molecular weight excluding hydrogens is 365 g/mol. The molecule has 2 aromatic rings. The number of halogens is 1. The molecule has 142 valence electrons. The van der Waals surface area contributed by atoms with Gasteiger partial charge in [-0.25, -0.2) is 4.39 Å². The van der Waals surface area contributed by atoms with Gasteiger partial charge in [-0.3, -0.25) is 9.59 Å². The molecule has 0 bridgehead atoms. The van der Waals surface area contributed by atoms with Crippen LogP contribution in [0.15, 0.2) is 47.4 Å². The normalized spacial score (nSPS) is 15.7. The maximum Gasteiger partial charge on any atom is 0.220 e. The summed E-state index contributed by atoms with van der Waals surface area (Å²) in [5.41, 5.74) is 1.51. The molecule has 1 unspecified atom stereocenters. The Kier molecular flexibility index (Phi) is 6.50.